The summed E-state index contributed by atoms with van der Waals surface area (Å²) in [5.74, 6) is -0.701. The first-order valence-electron chi connectivity index (χ1n) is 7.62. The number of para-hydroxylation sites is 1. The minimum Gasteiger partial charge on any atom is -0.497 e. The summed E-state index contributed by atoms with van der Waals surface area (Å²) < 4.78 is 5.08. The highest BCUT2D eigenvalue weighted by atomic mass is 16.5. The molecule has 0 aromatic heterocycles. The molecule has 1 aliphatic rings. The summed E-state index contributed by atoms with van der Waals surface area (Å²) >= 11 is 0. The second kappa shape index (κ2) is 6.60. The number of hydrogen-bond donors (Lipinski definition) is 1. The number of hydrogen-bond acceptors (Lipinski definition) is 4. The molecule has 1 aliphatic heterocycles. The topological polar surface area (TPSA) is 75.7 Å². The van der Waals surface area contributed by atoms with E-state index in [9.17, 15) is 14.4 Å². The molecule has 1 N–H and O–H groups in total. The van der Waals surface area contributed by atoms with E-state index < -0.39 is 17.8 Å². The van der Waals surface area contributed by atoms with Gasteiger partial charge in [0.05, 0.1) is 12.8 Å². The van der Waals surface area contributed by atoms with Gasteiger partial charge in [0.2, 0.25) is 0 Å². The largest absolute Gasteiger partial charge is 0.497 e. The van der Waals surface area contributed by atoms with Gasteiger partial charge in [-0.05, 0) is 42.3 Å². The van der Waals surface area contributed by atoms with Gasteiger partial charge in [0.1, 0.15) is 11.3 Å². The van der Waals surface area contributed by atoms with Crippen molar-refractivity contribution in [2.75, 3.05) is 12.0 Å². The van der Waals surface area contributed by atoms with Crippen molar-refractivity contribution in [3.05, 3.63) is 65.2 Å². The van der Waals surface area contributed by atoms with E-state index in [-0.39, 0.29) is 5.57 Å². The van der Waals surface area contributed by atoms with Gasteiger partial charge in [0.25, 0.3) is 11.8 Å². The summed E-state index contributed by atoms with van der Waals surface area (Å²) in [5, 5.41) is 2.21. The number of carbonyl (C=O) groups is 3. The van der Waals surface area contributed by atoms with Crippen molar-refractivity contribution < 1.29 is 19.1 Å². The number of nitrogens with zero attached hydrogens (tertiary/aromatic N) is 1. The molecule has 25 heavy (non-hydrogen) atoms. The van der Waals surface area contributed by atoms with Crippen molar-refractivity contribution in [1.82, 2.24) is 5.32 Å². The molecule has 6 heteroatoms. The van der Waals surface area contributed by atoms with Crippen molar-refractivity contribution >= 4 is 29.6 Å². The van der Waals surface area contributed by atoms with Gasteiger partial charge in [0, 0.05) is 0 Å². The molecule has 1 saturated heterocycles. The quantitative estimate of drug-likeness (QED) is 0.691. The lowest BCUT2D eigenvalue weighted by atomic mass is 10.1. The van der Waals surface area contributed by atoms with E-state index in [1.807, 2.05) is 6.07 Å². The van der Waals surface area contributed by atoms with E-state index in [0.29, 0.717) is 17.0 Å². The standard InChI is InChI=1S/C19H16N2O4/c1-12-5-3-4-6-16(12)21-18(23)15(17(22)20-19(21)24)11-13-7-9-14(25-2)10-8-13/h3-11H,1-2H3,(H,20,22,24). The van der Waals surface area contributed by atoms with Crippen LogP contribution in [0.3, 0.4) is 0 Å². The number of imide groups is 2. The number of aryl methyl sites for hydroxylation is 1. The van der Waals surface area contributed by atoms with Gasteiger partial charge in [0.15, 0.2) is 0 Å². The fourth-order valence-electron chi connectivity index (χ4n) is 2.56. The van der Waals surface area contributed by atoms with E-state index in [1.165, 1.54) is 6.08 Å². The van der Waals surface area contributed by atoms with E-state index in [0.717, 1.165) is 10.5 Å². The van der Waals surface area contributed by atoms with Crippen LogP contribution in [0.2, 0.25) is 0 Å². The van der Waals surface area contributed by atoms with Crippen LogP contribution in [0.15, 0.2) is 54.1 Å². The van der Waals surface area contributed by atoms with Crippen molar-refractivity contribution in [3.63, 3.8) is 0 Å². The maximum absolute atomic E-state index is 12.8. The lowest BCUT2D eigenvalue weighted by molar-refractivity contribution is -0.122. The molecule has 3 rings (SSSR count). The molecule has 0 radical (unpaired) electrons. The third-order valence-electron chi connectivity index (χ3n) is 3.88. The lowest BCUT2D eigenvalue weighted by Gasteiger charge is -2.27. The number of rotatable bonds is 3. The SMILES string of the molecule is COc1ccc(C=C2C(=O)NC(=O)N(c3ccccc3C)C2=O)cc1. The molecule has 1 heterocycles. The Morgan fingerprint density at radius 3 is 2.32 bits per heavy atom. The molecule has 0 bridgehead atoms. The first-order valence-corrected chi connectivity index (χ1v) is 7.62. The molecule has 6 nitrogen and oxygen atoms in total. The second-order valence-corrected chi connectivity index (χ2v) is 5.52. The Balaban J connectivity index is 2.00. The Labute approximate surface area is 144 Å². The number of benzene rings is 2. The highest BCUT2D eigenvalue weighted by molar-refractivity contribution is 6.39. The van der Waals surface area contributed by atoms with Gasteiger partial charge in [-0.25, -0.2) is 9.69 Å². The molecule has 0 aliphatic carbocycles. The third-order valence-corrected chi connectivity index (χ3v) is 3.88. The highest BCUT2D eigenvalue weighted by Crippen LogP contribution is 2.25. The van der Waals surface area contributed by atoms with E-state index in [2.05, 4.69) is 5.32 Å². The summed E-state index contributed by atoms with van der Waals surface area (Å²) in [6, 6.07) is 13.1. The maximum atomic E-state index is 12.8. The fraction of sp³-hybridized carbons (Fsp3) is 0.105. The van der Waals surface area contributed by atoms with Crippen LogP contribution in [0.1, 0.15) is 11.1 Å². The predicted octanol–water partition coefficient (Wildman–Crippen LogP) is 2.67. The number of amides is 4. The van der Waals surface area contributed by atoms with Gasteiger partial charge in [-0.1, -0.05) is 30.3 Å². The fourth-order valence-corrected chi connectivity index (χ4v) is 2.56. The van der Waals surface area contributed by atoms with Gasteiger partial charge in [-0.3, -0.25) is 14.9 Å². The summed E-state index contributed by atoms with van der Waals surface area (Å²) in [6.45, 7) is 1.79. The summed E-state index contributed by atoms with van der Waals surface area (Å²) in [7, 11) is 1.55. The molecule has 0 saturated carbocycles. The van der Waals surface area contributed by atoms with Crippen LogP contribution in [-0.2, 0) is 9.59 Å². The van der Waals surface area contributed by atoms with Crippen LogP contribution < -0.4 is 15.0 Å². The zero-order valence-corrected chi connectivity index (χ0v) is 13.8. The van der Waals surface area contributed by atoms with Crippen molar-refractivity contribution in [2.24, 2.45) is 0 Å². The highest BCUT2D eigenvalue weighted by Gasteiger charge is 2.37. The van der Waals surface area contributed by atoms with Crippen molar-refractivity contribution in [3.8, 4) is 5.75 Å². The monoisotopic (exact) mass is 336 g/mol. The lowest BCUT2D eigenvalue weighted by Crippen LogP contribution is -2.54. The average Bonchev–Trinajstić information content (AvgIpc) is 2.60. The van der Waals surface area contributed by atoms with Gasteiger partial charge in [-0.2, -0.15) is 0 Å². The minimum absolute atomic E-state index is 0.104. The Kier molecular flexibility index (Phi) is 4.35. The molecular formula is C19H16N2O4. The van der Waals surface area contributed by atoms with Gasteiger partial charge >= 0.3 is 6.03 Å². The molecule has 1 fully saturated rings. The maximum Gasteiger partial charge on any atom is 0.335 e. The summed E-state index contributed by atoms with van der Waals surface area (Å²) in [6.07, 6.45) is 1.45. The van der Waals surface area contributed by atoms with Crippen LogP contribution in [-0.4, -0.2) is 25.0 Å². The second-order valence-electron chi connectivity index (χ2n) is 5.52. The molecule has 0 atom stereocenters. The Hall–Kier alpha value is -3.41. The number of carbonyl (C=O) groups excluding carboxylic acids is 3. The molecule has 2 aromatic carbocycles. The number of barbiturate groups is 1. The summed E-state index contributed by atoms with van der Waals surface area (Å²) in [4.78, 5) is 38.1. The first kappa shape index (κ1) is 16.4. The Bertz CT molecular complexity index is 885. The molecule has 126 valence electrons. The Morgan fingerprint density at radius 1 is 1.00 bits per heavy atom. The van der Waals surface area contributed by atoms with Crippen LogP contribution in [0.4, 0.5) is 10.5 Å². The van der Waals surface area contributed by atoms with E-state index in [1.54, 1.807) is 56.5 Å². The van der Waals surface area contributed by atoms with Crippen molar-refractivity contribution in [2.45, 2.75) is 6.92 Å². The van der Waals surface area contributed by atoms with E-state index >= 15 is 0 Å². The van der Waals surface area contributed by atoms with E-state index in [4.69, 9.17) is 4.74 Å². The number of anilines is 1. The van der Waals surface area contributed by atoms with Crippen LogP contribution in [0, 0.1) is 6.92 Å². The molecule has 0 spiro atoms. The van der Waals surface area contributed by atoms with Crippen LogP contribution in [0.25, 0.3) is 6.08 Å². The predicted molar refractivity (Wildman–Crippen MR) is 93.2 cm³/mol. The minimum atomic E-state index is -0.754. The number of methoxy groups -OCH3 is 1. The normalized spacial score (nSPS) is 16.2. The van der Waals surface area contributed by atoms with Crippen LogP contribution in [0.5, 0.6) is 5.75 Å². The van der Waals surface area contributed by atoms with Crippen LogP contribution >= 0.6 is 0 Å². The van der Waals surface area contributed by atoms with Gasteiger partial charge < -0.3 is 4.74 Å². The molecular weight excluding hydrogens is 320 g/mol. The number of nitrogens with one attached hydrogen (secondary N) is 1. The molecule has 0 unspecified atom stereocenters. The summed E-state index contributed by atoms with van der Waals surface area (Å²) in [5.41, 5.74) is 1.74. The zero-order chi connectivity index (χ0) is 18.0. The Morgan fingerprint density at radius 2 is 1.68 bits per heavy atom. The third kappa shape index (κ3) is 3.14. The van der Waals surface area contributed by atoms with Gasteiger partial charge in [-0.15, -0.1) is 0 Å². The van der Waals surface area contributed by atoms with Crippen molar-refractivity contribution in [1.29, 1.82) is 0 Å². The molecule has 4 amide bonds. The smallest absolute Gasteiger partial charge is 0.335 e. The first-order chi connectivity index (χ1) is 12.0. The number of urea groups is 1. The molecule has 2 aromatic rings. The zero-order valence-electron chi connectivity index (χ0n) is 13.8. The number of ether oxygens (including phenoxy) is 1. The average molecular weight is 336 g/mol.